The number of hydrogen-bond donors (Lipinski definition) is 1. The number of carbonyl (C=O) groups is 1. The topological polar surface area (TPSA) is 45.2 Å². The summed E-state index contributed by atoms with van der Waals surface area (Å²) in [7, 11) is 0. The number of amides is 1. The number of fused-ring (bicyclic) bond motifs is 1. The van der Waals surface area contributed by atoms with Crippen molar-refractivity contribution < 1.29 is 4.79 Å². The maximum Gasteiger partial charge on any atom is 0.258 e. The second-order valence-corrected chi connectivity index (χ2v) is 6.45. The fourth-order valence-electron chi connectivity index (χ4n) is 3.32. The Hall–Kier alpha value is -3.14. The number of benzene rings is 2. The van der Waals surface area contributed by atoms with Crippen molar-refractivity contribution >= 4 is 11.6 Å². The summed E-state index contributed by atoms with van der Waals surface area (Å²) < 4.78 is 0. The number of aromatic nitrogens is 1. The molecule has 0 saturated carbocycles. The molecular formula is C22H21N3O. The van der Waals surface area contributed by atoms with Crippen LogP contribution < -0.4 is 5.32 Å². The normalized spacial score (nSPS) is 15.8. The first kappa shape index (κ1) is 16.3. The molecule has 0 spiro atoms. The van der Waals surface area contributed by atoms with Gasteiger partial charge in [0.2, 0.25) is 0 Å². The van der Waals surface area contributed by atoms with Crippen molar-refractivity contribution in [1.82, 2.24) is 9.88 Å². The summed E-state index contributed by atoms with van der Waals surface area (Å²) in [5.74, 6) is 0.0135. The van der Waals surface area contributed by atoms with Gasteiger partial charge in [0.15, 0.2) is 0 Å². The van der Waals surface area contributed by atoms with Gasteiger partial charge >= 0.3 is 0 Å². The molecule has 1 N–H and O–H groups in total. The van der Waals surface area contributed by atoms with Gasteiger partial charge in [-0.1, -0.05) is 49.4 Å². The molecule has 4 rings (SSSR count). The van der Waals surface area contributed by atoms with Crippen molar-refractivity contribution in [2.45, 2.75) is 26.1 Å². The molecule has 0 radical (unpaired) electrons. The Kier molecular flexibility index (Phi) is 4.40. The van der Waals surface area contributed by atoms with Gasteiger partial charge in [0.05, 0.1) is 11.3 Å². The summed E-state index contributed by atoms with van der Waals surface area (Å²) >= 11 is 0. The highest BCUT2D eigenvalue weighted by atomic mass is 16.2. The van der Waals surface area contributed by atoms with Crippen molar-refractivity contribution in [2.24, 2.45) is 0 Å². The third kappa shape index (κ3) is 3.06. The van der Waals surface area contributed by atoms with Crippen LogP contribution in [0.15, 0.2) is 72.9 Å². The predicted molar refractivity (Wildman–Crippen MR) is 103 cm³/mol. The minimum absolute atomic E-state index is 0.0135. The standard InChI is InChI=1S/C22H21N3O/c1-2-16-10-12-18(13-11-16)24-21-20-19(9-6-14-23-20)22(26)25(21)15-17-7-4-3-5-8-17/h3-14,21,24H,2,15H2,1H3. The van der Waals surface area contributed by atoms with Gasteiger partial charge in [0, 0.05) is 18.4 Å². The van der Waals surface area contributed by atoms with E-state index in [1.165, 1.54) is 5.56 Å². The fraction of sp³-hybridized carbons (Fsp3) is 0.182. The Morgan fingerprint density at radius 3 is 2.46 bits per heavy atom. The minimum Gasteiger partial charge on any atom is -0.360 e. The van der Waals surface area contributed by atoms with Crippen LogP contribution in [0.4, 0.5) is 5.69 Å². The Labute approximate surface area is 153 Å². The van der Waals surface area contributed by atoms with E-state index in [0.717, 1.165) is 23.4 Å². The third-order valence-electron chi connectivity index (χ3n) is 4.76. The van der Waals surface area contributed by atoms with E-state index < -0.39 is 0 Å². The lowest BCUT2D eigenvalue weighted by atomic mass is 10.1. The van der Waals surface area contributed by atoms with Crippen LogP contribution in [0.1, 0.15) is 40.3 Å². The number of nitrogens with zero attached hydrogens (tertiary/aromatic N) is 2. The van der Waals surface area contributed by atoms with E-state index in [1.54, 1.807) is 6.20 Å². The summed E-state index contributed by atoms with van der Waals surface area (Å²) in [5.41, 5.74) is 4.83. The Bertz CT molecular complexity index is 906. The molecule has 1 aliphatic heterocycles. The number of nitrogens with one attached hydrogen (secondary N) is 1. The zero-order valence-electron chi connectivity index (χ0n) is 14.7. The van der Waals surface area contributed by atoms with Crippen molar-refractivity contribution in [2.75, 3.05) is 5.32 Å². The second kappa shape index (κ2) is 7.00. The lowest BCUT2D eigenvalue weighted by molar-refractivity contribution is 0.0728. The molecule has 1 atom stereocenters. The Balaban J connectivity index is 1.66. The van der Waals surface area contributed by atoms with E-state index in [-0.39, 0.29) is 12.1 Å². The Morgan fingerprint density at radius 2 is 1.73 bits per heavy atom. The number of rotatable bonds is 5. The first-order chi connectivity index (χ1) is 12.8. The van der Waals surface area contributed by atoms with Gasteiger partial charge in [-0.3, -0.25) is 9.78 Å². The van der Waals surface area contributed by atoms with Gasteiger partial charge in [0.1, 0.15) is 6.17 Å². The summed E-state index contributed by atoms with van der Waals surface area (Å²) in [4.78, 5) is 19.3. The number of anilines is 1. The van der Waals surface area contributed by atoms with E-state index in [0.29, 0.717) is 12.1 Å². The fourth-order valence-corrected chi connectivity index (χ4v) is 3.32. The van der Waals surface area contributed by atoms with Crippen molar-refractivity contribution in [1.29, 1.82) is 0 Å². The lowest BCUT2D eigenvalue weighted by Gasteiger charge is -2.26. The number of pyridine rings is 1. The molecule has 1 unspecified atom stereocenters. The van der Waals surface area contributed by atoms with Gasteiger partial charge in [-0.05, 0) is 41.8 Å². The first-order valence-corrected chi connectivity index (χ1v) is 8.91. The largest absolute Gasteiger partial charge is 0.360 e. The Morgan fingerprint density at radius 1 is 0.962 bits per heavy atom. The molecule has 130 valence electrons. The monoisotopic (exact) mass is 343 g/mol. The quantitative estimate of drug-likeness (QED) is 0.746. The van der Waals surface area contributed by atoms with E-state index >= 15 is 0 Å². The van der Waals surface area contributed by atoms with Crippen LogP contribution in [0.25, 0.3) is 0 Å². The molecule has 4 nitrogen and oxygen atoms in total. The SMILES string of the molecule is CCc1ccc(NC2c3ncccc3C(=O)N2Cc2ccccc2)cc1. The summed E-state index contributed by atoms with van der Waals surface area (Å²) in [6.07, 6.45) is 2.48. The molecule has 1 aliphatic rings. The van der Waals surface area contributed by atoms with E-state index in [9.17, 15) is 4.79 Å². The average molecular weight is 343 g/mol. The molecule has 1 amide bonds. The molecule has 0 aliphatic carbocycles. The number of carbonyl (C=O) groups excluding carboxylic acids is 1. The van der Waals surface area contributed by atoms with E-state index in [4.69, 9.17) is 0 Å². The molecule has 4 heteroatoms. The molecule has 0 bridgehead atoms. The van der Waals surface area contributed by atoms with Gasteiger partial charge < -0.3 is 10.2 Å². The van der Waals surface area contributed by atoms with Crippen LogP contribution in [0.5, 0.6) is 0 Å². The van der Waals surface area contributed by atoms with Crippen LogP contribution in [0.2, 0.25) is 0 Å². The summed E-state index contributed by atoms with van der Waals surface area (Å²) in [6, 6.07) is 22.1. The average Bonchev–Trinajstić information content (AvgIpc) is 2.95. The van der Waals surface area contributed by atoms with Crippen LogP contribution in [-0.4, -0.2) is 15.8 Å². The maximum absolute atomic E-state index is 12.9. The second-order valence-electron chi connectivity index (χ2n) is 6.45. The molecule has 0 fully saturated rings. The van der Waals surface area contributed by atoms with Gasteiger partial charge in [0.25, 0.3) is 5.91 Å². The van der Waals surface area contributed by atoms with Crippen molar-refractivity contribution in [3.8, 4) is 0 Å². The highest BCUT2D eigenvalue weighted by Crippen LogP contribution is 2.34. The third-order valence-corrected chi connectivity index (χ3v) is 4.76. The van der Waals surface area contributed by atoms with E-state index in [2.05, 4.69) is 41.5 Å². The van der Waals surface area contributed by atoms with Crippen molar-refractivity contribution in [3.63, 3.8) is 0 Å². The maximum atomic E-state index is 12.9. The summed E-state index contributed by atoms with van der Waals surface area (Å²) in [5, 5.41) is 3.49. The lowest BCUT2D eigenvalue weighted by Crippen LogP contribution is -2.32. The van der Waals surface area contributed by atoms with Gasteiger partial charge in [-0.15, -0.1) is 0 Å². The predicted octanol–water partition coefficient (Wildman–Crippen LogP) is 4.41. The molecule has 2 aromatic carbocycles. The number of aryl methyl sites for hydroxylation is 1. The van der Waals surface area contributed by atoms with Gasteiger partial charge in [-0.25, -0.2) is 0 Å². The van der Waals surface area contributed by atoms with Crippen LogP contribution in [-0.2, 0) is 13.0 Å². The van der Waals surface area contributed by atoms with Crippen molar-refractivity contribution in [3.05, 3.63) is 95.3 Å². The number of hydrogen-bond acceptors (Lipinski definition) is 3. The highest BCUT2D eigenvalue weighted by Gasteiger charge is 2.37. The molecule has 0 saturated heterocycles. The minimum atomic E-state index is -0.272. The molecule has 1 aromatic heterocycles. The molecule has 26 heavy (non-hydrogen) atoms. The smallest absolute Gasteiger partial charge is 0.258 e. The molecule has 3 aromatic rings. The zero-order chi connectivity index (χ0) is 17.9. The van der Waals surface area contributed by atoms with Crippen LogP contribution in [0.3, 0.4) is 0 Å². The van der Waals surface area contributed by atoms with Crippen LogP contribution >= 0.6 is 0 Å². The van der Waals surface area contributed by atoms with Gasteiger partial charge in [-0.2, -0.15) is 0 Å². The van der Waals surface area contributed by atoms with E-state index in [1.807, 2.05) is 47.4 Å². The highest BCUT2D eigenvalue weighted by molar-refractivity contribution is 5.98. The summed E-state index contributed by atoms with van der Waals surface area (Å²) in [6.45, 7) is 2.68. The zero-order valence-corrected chi connectivity index (χ0v) is 14.7. The first-order valence-electron chi connectivity index (χ1n) is 8.91. The molecule has 2 heterocycles. The molecular weight excluding hydrogens is 322 g/mol. The van der Waals surface area contributed by atoms with Crippen LogP contribution in [0, 0.1) is 0 Å².